The molecular formula is C28H34FN5O3. The highest BCUT2D eigenvalue weighted by Crippen LogP contribution is 2.40. The Labute approximate surface area is 216 Å². The van der Waals surface area contributed by atoms with Crippen LogP contribution in [0, 0.1) is 22.6 Å². The molecule has 0 unspecified atom stereocenters. The third kappa shape index (κ3) is 5.26. The fourth-order valence-electron chi connectivity index (χ4n) is 5.44. The van der Waals surface area contributed by atoms with E-state index in [-0.39, 0.29) is 18.4 Å². The van der Waals surface area contributed by atoms with E-state index in [1.807, 2.05) is 30.3 Å². The smallest absolute Gasteiger partial charge is 0.256 e. The van der Waals surface area contributed by atoms with E-state index in [9.17, 15) is 18.8 Å². The van der Waals surface area contributed by atoms with E-state index in [2.05, 4.69) is 10.1 Å². The molecule has 1 aromatic heterocycles. The maximum atomic E-state index is 14.0. The summed E-state index contributed by atoms with van der Waals surface area (Å²) in [6, 6.07) is 12.7. The molecule has 2 atom stereocenters. The van der Waals surface area contributed by atoms with Gasteiger partial charge in [0.2, 0.25) is 11.8 Å². The Morgan fingerprint density at radius 3 is 2.57 bits per heavy atom. The summed E-state index contributed by atoms with van der Waals surface area (Å²) in [5.74, 6) is -1.95. The molecular weight excluding hydrogens is 473 g/mol. The average molecular weight is 508 g/mol. The first-order chi connectivity index (χ1) is 17.5. The van der Waals surface area contributed by atoms with Gasteiger partial charge in [0, 0.05) is 32.3 Å². The minimum absolute atomic E-state index is 0.128. The number of primary amides is 1. The lowest BCUT2D eigenvalue weighted by molar-refractivity contribution is -0.148. The molecule has 8 nitrogen and oxygen atoms in total. The number of amides is 3. The van der Waals surface area contributed by atoms with Crippen LogP contribution in [0.25, 0.3) is 0 Å². The topological polar surface area (TPSA) is 109 Å². The standard InChI is InChI=1S/C28H34FN5O3/c1-27(2,25(30)36)22(11-7-10-21-13-12-20(29)17-31-21)24(35)34-15-14-23-28(18-34,26(37)33(3)32-23)16-19-8-5-4-6-9-19/h4-6,8-9,12-13,17,22H,7,10-11,14-16,18H2,1-3H3,(H2,30,36)/t22-,28+/m0/s1. The molecule has 0 saturated carbocycles. The molecule has 0 spiro atoms. The quantitative estimate of drug-likeness (QED) is 0.563. The molecule has 3 heterocycles. The van der Waals surface area contributed by atoms with Crippen molar-refractivity contribution in [3.05, 3.63) is 65.7 Å². The maximum Gasteiger partial charge on any atom is 0.256 e. The van der Waals surface area contributed by atoms with E-state index in [1.165, 1.54) is 17.3 Å². The van der Waals surface area contributed by atoms with Crippen LogP contribution in [0.15, 0.2) is 53.8 Å². The average Bonchev–Trinajstić information content (AvgIpc) is 3.12. The zero-order valence-corrected chi connectivity index (χ0v) is 21.6. The van der Waals surface area contributed by atoms with E-state index in [4.69, 9.17) is 5.73 Å². The van der Waals surface area contributed by atoms with Crippen molar-refractivity contribution in [2.24, 2.45) is 27.6 Å². The monoisotopic (exact) mass is 507 g/mol. The molecule has 4 rings (SSSR count). The highest BCUT2D eigenvalue weighted by Gasteiger charge is 2.54. The molecule has 1 fully saturated rings. The molecule has 0 aliphatic carbocycles. The van der Waals surface area contributed by atoms with Crippen LogP contribution in [0.1, 0.15) is 44.4 Å². The van der Waals surface area contributed by atoms with Crippen LogP contribution < -0.4 is 5.73 Å². The van der Waals surface area contributed by atoms with Crippen LogP contribution in [-0.2, 0) is 27.2 Å². The zero-order chi connectivity index (χ0) is 26.8. The summed E-state index contributed by atoms with van der Waals surface area (Å²) in [5, 5.41) is 5.90. The molecule has 37 heavy (non-hydrogen) atoms. The van der Waals surface area contributed by atoms with Crippen molar-refractivity contribution in [1.82, 2.24) is 14.9 Å². The lowest BCUT2D eigenvalue weighted by Gasteiger charge is -2.42. The van der Waals surface area contributed by atoms with Gasteiger partial charge in [0.15, 0.2) is 0 Å². The zero-order valence-electron chi connectivity index (χ0n) is 21.6. The number of halogens is 1. The predicted octanol–water partition coefficient (Wildman–Crippen LogP) is 2.96. The summed E-state index contributed by atoms with van der Waals surface area (Å²) < 4.78 is 13.2. The van der Waals surface area contributed by atoms with Gasteiger partial charge in [0.1, 0.15) is 11.2 Å². The predicted molar refractivity (Wildman–Crippen MR) is 138 cm³/mol. The second-order valence-electron chi connectivity index (χ2n) is 10.6. The van der Waals surface area contributed by atoms with Crippen molar-refractivity contribution in [1.29, 1.82) is 0 Å². The summed E-state index contributed by atoms with van der Waals surface area (Å²) >= 11 is 0. The first-order valence-electron chi connectivity index (χ1n) is 12.6. The lowest BCUT2D eigenvalue weighted by Crippen LogP contribution is -2.58. The Kier molecular flexibility index (Phi) is 7.43. The summed E-state index contributed by atoms with van der Waals surface area (Å²) in [5.41, 5.74) is 6.23. The van der Waals surface area contributed by atoms with E-state index in [0.29, 0.717) is 44.3 Å². The largest absolute Gasteiger partial charge is 0.369 e. The van der Waals surface area contributed by atoms with Crippen molar-refractivity contribution in [3.63, 3.8) is 0 Å². The van der Waals surface area contributed by atoms with Gasteiger partial charge in [-0.25, -0.2) is 9.40 Å². The molecule has 2 N–H and O–H groups in total. The number of rotatable bonds is 9. The van der Waals surface area contributed by atoms with Gasteiger partial charge in [0.05, 0.1) is 23.2 Å². The van der Waals surface area contributed by atoms with Gasteiger partial charge in [-0.15, -0.1) is 0 Å². The van der Waals surface area contributed by atoms with Crippen LogP contribution >= 0.6 is 0 Å². The number of pyridine rings is 1. The Bertz CT molecular complexity index is 1200. The Morgan fingerprint density at radius 2 is 1.92 bits per heavy atom. The molecule has 2 aliphatic heterocycles. The van der Waals surface area contributed by atoms with Crippen LogP contribution in [0.3, 0.4) is 0 Å². The van der Waals surface area contributed by atoms with Crippen molar-refractivity contribution in [2.45, 2.75) is 46.0 Å². The van der Waals surface area contributed by atoms with E-state index in [0.717, 1.165) is 11.3 Å². The van der Waals surface area contributed by atoms with E-state index in [1.54, 1.807) is 31.9 Å². The number of piperidine rings is 1. The molecule has 2 aliphatic rings. The summed E-state index contributed by atoms with van der Waals surface area (Å²) in [7, 11) is 1.65. The number of likely N-dealkylation sites (tertiary alicyclic amines) is 1. The fraction of sp³-hybridized carbons (Fsp3) is 0.464. The second kappa shape index (κ2) is 10.4. The molecule has 196 valence electrons. The van der Waals surface area contributed by atoms with Crippen molar-refractivity contribution < 1.29 is 18.8 Å². The number of benzene rings is 1. The first-order valence-corrected chi connectivity index (χ1v) is 12.6. The van der Waals surface area contributed by atoms with Crippen molar-refractivity contribution >= 4 is 23.4 Å². The Balaban J connectivity index is 1.57. The van der Waals surface area contributed by atoms with E-state index >= 15 is 0 Å². The molecule has 1 aromatic carbocycles. The molecule has 2 aromatic rings. The van der Waals surface area contributed by atoms with Gasteiger partial charge in [-0.2, -0.15) is 5.10 Å². The van der Waals surface area contributed by atoms with Gasteiger partial charge in [-0.05, 0) is 43.4 Å². The number of carbonyl (C=O) groups excluding carboxylic acids is 3. The molecule has 9 heteroatoms. The third-order valence-electron chi connectivity index (χ3n) is 7.78. The van der Waals surface area contributed by atoms with Crippen LogP contribution in [0.4, 0.5) is 4.39 Å². The summed E-state index contributed by atoms with van der Waals surface area (Å²) in [6.07, 6.45) is 3.61. The molecule has 0 bridgehead atoms. The molecule has 3 amide bonds. The molecule has 1 saturated heterocycles. The van der Waals surface area contributed by atoms with E-state index < -0.39 is 28.5 Å². The van der Waals surface area contributed by atoms with Gasteiger partial charge in [0.25, 0.3) is 5.91 Å². The SMILES string of the molecule is CN1N=C2CCN(C(=O)[C@H](CCCc3ccc(F)cn3)C(C)(C)C(N)=O)C[C@@]2(Cc2ccccc2)C1=O. The number of hydrogen-bond acceptors (Lipinski definition) is 5. The number of aromatic nitrogens is 1. The number of aryl methyl sites for hydroxylation is 1. The first kappa shape index (κ1) is 26.4. The number of hydrogen-bond donors (Lipinski definition) is 1. The number of nitrogens with zero attached hydrogens (tertiary/aromatic N) is 4. The number of nitrogens with two attached hydrogens (primary N) is 1. The Morgan fingerprint density at radius 1 is 1.19 bits per heavy atom. The minimum atomic E-state index is -1.09. The number of carbonyl (C=O) groups is 3. The van der Waals surface area contributed by atoms with Crippen LogP contribution in [0.2, 0.25) is 0 Å². The number of fused-ring (bicyclic) bond motifs is 1. The Hall–Kier alpha value is -3.62. The third-order valence-corrected chi connectivity index (χ3v) is 7.78. The van der Waals surface area contributed by atoms with Crippen LogP contribution in [0.5, 0.6) is 0 Å². The van der Waals surface area contributed by atoms with Crippen molar-refractivity contribution in [2.75, 3.05) is 20.1 Å². The number of hydrazone groups is 1. The highest BCUT2D eigenvalue weighted by atomic mass is 19.1. The minimum Gasteiger partial charge on any atom is -0.369 e. The molecule has 0 radical (unpaired) electrons. The maximum absolute atomic E-state index is 14.0. The summed E-state index contributed by atoms with van der Waals surface area (Å²) in [4.78, 5) is 45.6. The van der Waals surface area contributed by atoms with Gasteiger partial charge >= 0.3 is 0 Å². The van der Waals surface area contributed by atoms with Gasteiger partial charge in [-0.3, -0.25) is 19.4 Å². The summed E-state index contributed by atoms with van der Waals surface area (Å²) in [6.45, 7) is 4.01. The lowest BCUT2D eigenvalue weighted by atomic mass is 9.71. The normalized spacial score (nSPS) is 20.4. The van der Waals surface area contributed by atoms with Crippen LogP contribution in [-0.4, -0.2) is 58.5 Å². The van der Waals surface area contributed by atoms with Gasteiger partial charge in [-0.1, -0.05) is 44.2 Å². The van der Waals surface area contributed by atoms with Gasteiger partial charge < -0.3 is 10.6 Å². The second-order valence-corrected chi connectivity index (χ2v) is 10.6. The fourth-order valence-corrected chi connectivity index (χ4v) is 5.44. The highest BCUT2D eigenvalue weighted by molar-refractivity contribution is 6.13. The van der Waals surface area contributed by atoms with Crippen molar-refractivity contribution in [3.8, 4) is 0 Å².